The highest BCUT2D eigenvalue weighted by molar-refractivity contribution is 9.09. The Hall–Kier alpha value is -0.500. The maximum Gasteiger partial charge on any atom is 0.295 e. The minimum absolute atomic E-state index is 0.0243. The van der Waals surface area contributed by atoms with E-state index in [9.17, 15) is 10.1 Å². The van der Waals surface area contributed by atoms with E-state index in [1.165, 1.54) is 18.4 Å². The SMILES string of the molecule is COCO[C@@H](c1ccsc1)C(Br)[N+](=O)[O-]. The molecule has 0 bridgehead atoms. The molecule has 0 aromatic carbocycles. The van der Waals surface area contributed by atoms with Crippen LogP contribution < -0.4 is 0 Å². The molecule has 0 saturated heterocycles. The normalized spacial score (nSPS) is 14.8. The van der Waals surface area contributed by atoms with E-state index in [0.717, 1.165) is 5.56 Å². The molecule has 1 rings (SSSR count). The van der Waals surface area contributed by atoms with Crippen LogP contribution in [0.3, 0.4) is 0 Å². The van der Waals surface area contributed by atoms with Crippen LogP contribution in [0.25, 0.3) is 0 Å². The molecule has 0 amide bonds. The van der Waals surface area contributed by atoms with E-state index in [-0.39, 0.29) is 6.79 Å². The van der Waals surface area contributed by atoms with Crippen LogP contribution in [-0.2, 0) is 9.47 Å². The highest BCUT2D eigenvalue weighted by Crippen LogP contribution is 2.28. The molecular formula is C8H10BrNO4S. The van der Waals surface area contributed by atoms with Crippen molar-refractivity contribution in [3.8, 4) is 0 Å². The van der Waals surface area contributed by atoms with Gasteiger partial charge in [-0.15, -0.1) is 0 Å². The molecule has 0 aliphatic rings. The summed E-state index contributed by atoms with van der Waals surface area (Å²) in [6.07, 6.45) is -0.633. The Morgan fingerprint density at radius 1 is 1.73 bits per heavy atom. The van der Waals surface area contributed by atoms with Gasteiger partial charge in [0.25, 0.3) is 4.95 Å². The fourth-order valence-corrected chi connectivity index (χ4v) is 2.17. The van der Waals surface area contributed by atoms with Crippen molar-refractivity contribution in [2.24, 2.45) is 0 Å². The number of methoxy groups -OCH3 is 1. The summed E-state index contributed by atoms with van der Waals surface area (Å²) in [4.78, 5) is 9.24. The highest BCUT2D eigenvalue weighted by atomic mass is 79.9. The average molecular weight is 296 g/mol. The lowest BCUT2D eigenvalue weighted by atomic mass is 10.2. The minimum Gasteiger partial charge on any atom is -0.359 e. The molecule has 7 heteroatoms. The quantitative estimate of drug-likeness (QED) is 0.266. The molecule has 0 aliphatic carbocycles. The maximum absolute atomic E-state index is 10.6. The fraction of sp³-hybridized carbons (Fsp3) is 0.500. The predicted molar refractivity (Wildman–Crippen MR) is 59.7 cm³/mol. The number of alkyl halides is 1. The van der Waals surface area contributed by atoms with Gasteiger partial charge in [0.15, 0.2) is 6.10 Å². The van der Waals surface area contributed by atoms with Crippen LogP contribution in [0.2, 0.25) is 0 Å². The number of thiophene rings is 1. The Kier molecular flexibility index (Phi) is 5.16. The van der Waals surface area contributed by atoms with E-state index < -0.39 is 16.0 Å². The highest BCUT2D eigenvalue weighted by Gasteiger charge is 2.31. The van der Waals surface area contributed by atoms with Crippen LogP contribution >= 0.6 is 27.3 Å². The van der Waals surface area contributed by atoms with Crippen molar-refractivity contribution in [3.63, 3.8) is 0 Å². The zero-order valence-corrected chi connectivity index (χ0v) is 10.4. The van der Waals surface area contributed by atoms with Gasteiger partial charge in [-0.05, 0) is 38.3 Å². The molecule has 0 radical (unpaired) electrons. The zero-order valence-electron chi connectivity index (χ0n) is 7.96. The first kappa shape index (κ1) is 12.6. The number of halogens is 1. The third kappa shape index (κ3) is 3.53. The van der Waals surface area contributed by atoms with Gasteiger partial charge < -0.3 is 9.47 Å². The third-order valence-electron chi connectivity index (χ3n) is 1.69. The van der Waals surface area contributed by atoms with Crippen LogP contribution in [0.5, 0.6) is 0 Å². The average Bonchev–Trinajstić information content (AvgIpc) is 2.71. The molecular weight excluding hydrogens is 286 g/mol. The topological polar surface area (TPSA) is 61.6 Å². The lowest BCUT2D eigenvalue weighted by Gasteiger charge is -2.16. The van der Waals surface area contributed by atoms with E-state index in [0.29, 0.717) is 0 Å². The van der Waals surface area contributed by atoms with E-state index in [2.05, 4.69) is 15.9 Å². The van der Waals surface area contributed by atoms with E-state index in [1.807, 2.05) is 10.8 Å². The Morgan fingerprint density at radius 3 is 2.93 bits per heavy atom. The van der Waals surface area contributed by atoms with E-state index in [4.69, 9.17) is 9.47 Å². The molecule has 1 aromatic rings. The predicted octanol–water partition coefficient (Wildman–Crippen LogP) is 2.41. The van der Waals surface area contributed by atoms with Gasteiger partial charge in [0.1, 0.15) is 6.79 Å². The van der Waals surface area contributed by atoms with Crippen molar-refractivity contribution in [2.75, 3.05) is 13.9 Å². The van der Waals surface area contributed by atoms with Crippen molar-refractivity contribution in [1.29, 1.82) is 0 Å². The molecule has 0 spiro atoms. The number of nitrogens with zero attached hydrogens (tertiary/aromatic N) is 1. The first-order valence-electron chi connectivity index (χ1n) is 4.07. The monoisotopic (exact) mass is 295 g/mol. The third-order valence-corrected chi connectivity index (χ3v) is 3.20. The van der Waals surface area contributed by atoms with Crippen molar-refractivity contribution in [2.45, 2.75) is 11.1 Å². The van der Waals surface area contributed by atoms with Gasteiger partial charge in [-0.2, -0.15) is 11.3 Å². The smallest absolute Gasteiger partial charge is 0.295 e. The molecule has 0 saturated carbocycles. The van der Waals surface area contributed by atoms with Gasteiger partial charge >= 0.3 is 0 Å². The minimum atomic E-state index is -0.970. The molecule has 0 N–H and O–H groups in total. The number of hydrogen-bond acceptors (Lipinski definition) is 5. The largest absolute Gasteiger partial charge is 0.359 e. The Morgan fingerprint density at radius 2 is 2.47 bits per heavy atom. The first-order chi connectivity index (χ1) is 7.16. The summed E-state index contributed by atoms with van der Waals surface area (Å²) in [6.45, 7) is 0.0243. The number of hydrogen-bond donors (Lipinski definition) is 0. The van der Waals surface area contributed by atoms with Crippen LogP contribution in [-0.4, -0.2) is 23.8 Å². The molecule has 1 heterocycles. The van der Waals surface area contributed by atoms with Gasteiger partial charge in [-0.3, -0.25) is 10.1 Å². The summed E-state index contributed by atoms with van der Waals surface area (Å²) >= 11 is 4.45. The second-order valence-corrected chi connectivity index (χ2v) is 4.43. The molecule has 1 unspecified atom stereocenters. The summed E-state index contributed by atoms with van der Waals surface area (Å²) in [5, 5.41) is 14.3. The second kappa shape index (κ2) is 6.16. The first-order valence-corrected chi connectivity index (χ1v) is 5.93. The van der Waals surface area contributed by atoms with Crippen molar-refractivity contribution in [3.05, 3.63) is 32.5 Å². The zero-order chi connectivity index (χ0) is 11.3. The Bertz CT molecular complexity index is 306. The Labute approximate surface area is 99.3 Å². The fourth-order valence-electron chi connectivity index (χ4n) is 1.02. The van der Waals surface area contributed by atoms with Crippen molar-refractivity contribution >= 4 is 27.3 Å². The van der Waals surface area contributed by atoms with Gasteiger partial charge in [0, 0.05) is 12.0 Å². The second-order valence-electron chi connectivity index (χ2n) is 2.71. The molecule has 1 aromatic heterocycles. The molecule has 15 heavy (non-hydrogen) atoms. The van der Waals surface area contributed by atoms with Gasteiger partial charge in [-0.25, -0.2) is 0 Å². The maximum atomic E-state index is 10.6. The van der Waals surface area contributed by atoms with Gasteiger partial charge in [0.05, 0.1) is 0 Å². The van der Waals surface area contributed by atoms with Crippen molar-refractivity contribution in [1.82, 2.24) is 0 Å². The number of nitro groups is 1. The van der Waals surface area contributed by atoms with Crippen LogP contribution in [0.15, 0.2) is 16.8 Å². The lowest BCUT2D eigenvalue weighted by Crippen LogP contribution is -2.24. The van der Waals surface area contributed by atoms with Crippen LogP contribution in [0.1, 0.15) is 11.7 Å². The Balaban J connectivity index is 2.73. The van der Waals surface area contributed by atoms with Crippen LogP contribution in [0.4, 0.5) is 0 Å². The van der Waals surface area contributed by atoms with E-state index in [1.54, 1.807) is 6.07 Å². The summed E-state index contributed by atoms with van der Waals surface area (Å²) in [5.74, 6) is 0. The summed E-state index contributed by atoms with van der Waals surface area (Å²) in [7, 11) is 1.47. The molecule has 0 fully saturated rings. The molecule has 0 aliphatic heterocycles. The van der Waals surface area contributed by atoms with Gasteiger partial charge in [-0.1, -0.05) is 0 Å². The lowest BCUT2D eigenvalue weighted by molar-refractivity contribution is -0.507. The molecule has 2 atom stereocenters. The van der Waals surface area contributed by atoms with Crippen molar-refractivity contribution < 1.29 is 14.4 Å². The summed E-state index contributed by atoms with van der Waals surface area (Å²) in [5.41, 5.74) is 0.774. The number of rotatable bonds is 6. The van der Waals surface area contributed by atoms with Crippen LogP contribution in [0, 0.1) is 10.1 Å². The molecule has 84 valence electrons. The summed E-state index contributed by atoms with van der Waals surface area (Å²) < 4.78 is 9.99. The summed E-state index contributed by atoms with van der Waals surface area (Å²) in [6, 6.07) is 1.79. The standard InChI is InChI=1S/C8H10BrNO4S/c1-13-5-14-7(8(9)10(11)12)6-2-3-15-4-6/h2-4,7-8H,5H2,1H3/t7-,8?/m0/s1. The van der Waals surface area contributed by atoms with E-state index >= 15 is 0 Å². The molecule has 5 nitrogen and oxygen atoms in total. The number of ether oxygens (including phenoxy) is 2. The van der Waals surface area contributed by atoms with Gasteiger partial charge in [0.2, 0.25) is 0 Å².